The molecule has 1 amide bonds. The summed E-state index contributed by atoms with van der Waals surface area (Å²) in [5, 5.41) is 16.4. The zero-order chi connectivity index (χ0) is 17.8. The van der Waals surface area contributed by atoms with Crippen LogP contribution in [0, 0.1) is 12.8 Å². The van der Waals surface area contributed by atoms with E-state index in [4.69, 9.17) is 5.11 Å². The molecule has 0 aliphatic carbocycles. The van der Waals surface area contributed by atoms with Gasteiger partial charge in [-0.3, -0.25) is 14.2 Å². The van der Waals surface area contributed by atoms with Gasteiger partial charge in [0.25, 0.3) is 5.91 Å². The monoisotopic (exact) mass is 342 g/mol. The summed E-state index contributed by atoms with van der Waals surface area (Å²) >= 11 is 0. The molecule has 3 rings (SSSR count). The minimum atomic E-state index is -0.753. The van der Waals surface area contributed by atoms with Gasteiger partial charge in [0.15, 0.2) is 0 Å². The van der Waals surface area contributed by atoms with Crippen molar-refractivity contribution in [3.05, 3.63) is 42.0 Å². The second-order valence-electron chi connectivity index (χ2n) is 6.56. The third-order valence-electron chi connectivity index (χ3n) is 4.75. The molecule has 0 spiro atoms. The van der Waals surface area contributed by atoms with Gasteiger partial charge in [-0.15, -0.1) is 10.2 Å². The summed E-state index contributed by atoms with van der Waals surface area (Å²) < 4.78 is 1.74. The predicted octanol–water partition coefficient (Wildman–Crippen LogP) is 2.29. The summed E-state index contributed by atoms with van der Waals surface area (Å²) in [5.74, 6) is -0.365. The first-order valence-corrected chi connectivity index (χ1v) is 8.51. The summed E-state index contributed by atoms with van der Waals surface area (Å²) in [7, 11) is 0. The third-order valence-corrected chi connectivity index (χ3v) is 4.75. The highest BCUT2D eigenvalue weighted by Crippen LogP contribution is 2.25. The fourth-order valence-corrected chi connectivity index (χ4v) is 3.29. The van der Waals surface area contributed by atoms with E-state index in [1.807, 2.05) is 30.0 Å². The van der Waals surface area contributed by atoms with Crippen LogP contribution in [0.4, 0.5) is 0 Å². The van der Waals surface area contributed by atoms with E-state index in [-0.39, 0.29) is 12.3 Å². The van der Waals surface area contributed by atoms with E-state index in [2.05, 4.69) is 10.2 Å². The number of carbonyl (C=O) groups excluding carboxylic acids is 1. The van der Waals surface area contributed by atoms with Crippen molar-refractivity contribution < 1.29 is 14.7 Å². The number of hydrogen-bond donors (Lipinski definition) is 1. The average molecular weight is 342 g/mol. The lowest BCUT2D eigenvalue weighted by atomic mass is 9.92. The summed E-state index contributed by atoms with van der Waals surface area (Å²) in [4.78, 5) is 25.6. The van der Waals surface area contributed by atoms with Gasteiger partial charge in [-0.2, -0.15) is 0 Å². The SMILES string of the molecule is Cc1ccc(-n2cnnc2)c(C(=O)N2CCC(CCC(=O)O)CC2)c1. The fraction of sp³-hybridized carbons (Fsp3) is 0.444. The number of amides is 1. The van der Waals surface area contributed by atoms with E-state index in [1.165, 1.54) is 0 Å². The number of aliphatic carboxylic acids is 1. The molecule has 1 aliphatic heterocycles. The lowest BCUT2D eigenvalue weighted by Crippen LogP contribution is -2.39. The van der Waals surface area contributed by atoms with Gasteiger partial charge >= 0.3 is 5.97 Å². The maximum Gasteiger partial charge on any atom is 0.303 e. The quantitative estimate of drug-likeness (QED) is 0.900. The molecule has 0 atom stereocenters. The lowest BCUT2D eigenvalue weighted by molar-refractivity contribution is -0.137. The first-order valence-electron chi connectivity index (χ1n) is 8.51. The summed E-state index contributed by atoms with van der Waals surface area (Å²) in [5.41, 5.74) is 2.44. The smallest absolute Gasteiger partial charge is 0.303 e. The standard InChI is InChI=1S/C18H22N4O3/c1-13-2-4-16(22-11-19-20-12-22)15(10-13)18(25)21-8-6-14(7-9-21)3-5-17(23)24/h2,4,10-12,14H,3,5-9H2,1H3,(H,23,24). The molecule has 0 radical (unpaired) electrons. The number of rotatable bonds is 5. The molecule has 1 N–H and O–H groups in total. The molecule has 1 aromatic carbocycles. The molecule has 132 valence electrons. The van der Waals surface area contributed by atoms with Gasteiger partial charge in [0.05, 0.1) is 11.3 Å². The molecule has 1 aromatic heterocycles. The molecular weight excluding hydrogens is 320 g/mol. The van der Waals surface area contributed by atoms with E-state index in [1.54, 1.807) is 17.2 Å². The second kappa shape index (κ2) is 7.46. The summed E-state index contributed by atoms with van der Waals surface area (Å²) in [6, 6.07) is 5.77. The van der Waals surface area contributed by atoms with Crippen LogP contribution in [-0.2, 0) is 4.79 Å². The maximum absolute atomic E-state index is 13.0. The summed E-state index contributed by atoms with van der Waals surface area (Å²) in [6.45, 7) is 3.29. The van der Waals surface area contributed by atoms with Gasteiger partial charge in [0.1, 0.15) is 12.7 Å². The van der Waals surface area contributed by atoms with Crippen molar-refractivity contribution in [2.45, 2.75) is 32.6 Å². The minimum absolute atomic E-state index is 0.00378. The van der Waals surface area contributed by atoms with Crippen molar-refractivity contribution in [2.24, 2.45) is 5.92 Å². The van der Waals surface area contributed by atoms with Crippen molar-refractivity contribution in [2.75, 3.05) is 13.1 Å². The third kappa shape index (κ3) is 4.04. The molecule has 2 aromatic rings. The number of benzene rings is 1. The molecule has 1 fully saturated rings. The van der Waals surface area contributed by atoms with Crippen LogP contribution in [0.2, 0.25) is 0 Å². The van der Waals surface area contributed by atoms with Crippen LogP contribution in [0.5, 0.6) is 0 Å². The van der Waals surface area contributed by atoms with E-state index < -0.39 is 5.97 Å². The maximum atomic E-state index is 13.0. The number of carboxylic acids is 1. The molecule has 25 heavy (non-hydrogen) atoms. The second-order valence-corrected chi connectivity index (χ2v) is 6.56. The van der Waals surface area contributed by atoms with Gasteiger partial charge in [-0.1, -0.05) is 11.6 Å². The Balaban J connectivity index is 1.72. The highest BCUT2D eigenvalue weighted by molar-refractivity contribution is 5.98. The van der Waals surface area contributed by atoms with E-state index in [0.29, 0.717) is 31.0 Å². The van der Waals surface area contributed by atoms with Gasteiger partial charge < -0.3 is 10.0 Å². The van der Waals surface area contributed by atoms with Crippen molar-refractivity contribution >= 4 is 11.9 Å². The fourth-order valence-electron chi connectivity index (χ4n) is 3.29. The topological polar surface area (TPSA) is 88.3 Å². The first kappa shape index (κ1) is 17.1. The molecular formula is C18H22N4O3. The van der Waals surface area contributed by atoms with Crippen molar-refractivity contribution in [1.82, 2.24) is 19.7 Å². The van der Waals surface area contributed by atoms with Crippen LogP contribution in [0.3, 0.4) is 0 Å². The number of aryl methyl sites for hydroxylation is 1. The first-order chi connectivity index (χ1) is 12.0. The van der Waals surface area contributed by atoms with Gasteiger partial charge in [-0.05, 0) is 44.2 Å². The number of carboxylic acid groups (broad SMARTS) is 1. The average Bonchev–Trinajstić information content (AvgIpc) is 3.14. The Morgan fingerprint density at radius 3 is 2.52 bits per heavy atom. The Morgan fingerprint density at radius 2 is 1.88 bits per heavy atom. The van der Waals surface area contributed by atoms with Gasteiger partial charge in [-0.25, -0.2) is 0 Å². The van der Waals surface area contributed by atoms with Crippen LogP contribution in [0.1, 0.15) is 41.6 Å². The molecule has 2 heterocycles. The molecule has 7 nitrogen and oxygen atoms in total. The Kier molecular flexibility index (Phi) is 5.11. The normalized spacial score (nSPS) is 15.3. The number of aromatic nitrogens is 3. The Bertz CT molecular complexity index is 750. The molecule has 0 bridgehead atoms. The molecule has 0 unspecified atom stereocenters. The zero-order valence-corrected chi connectivity index (χ0v) is 14.3. The van der Waals surface area contributed by atoms with Crippen LogP contribution in [-0.4, -0.2) is 49.7 Å². The molecule has 0 saturated carbocycles. The Labute approximate surface area is 146 Å². The van der Waals surface area contributed by atoms with E-state index >= 15 is 0 Å². The summed E-state index contributed by atoms with van der Waals surface area (Å²) in [6.07, 6.45) is 5.76. The number of hydrogen-bond acceptors (Lipinski definition) is 4. The van der Waals surface area contributed by atoms with Crippen molar-refractivity contribution in [1.29, 1.82) is 0 Å². The van der Waals surface area contributed by atoms with E-state index in [9.17, 15) is 9.59 Å². The molecule has 7 heteroatoms. The lowest BCUT2D eigenvalue weighted by Gasteiger charge is -2.32. The minimum Gasteiger partial charge on any atom is -0.481 e. The van der Waals surface area contributed by atoms with Gasteiger partial charge in [0, 0.05) is 19.5 Å². The van der Waals surface area contributed by atoms with Gasteiger partial charge in [0.2, 0.25) is 0 Å². The largest absolute Gasteiger partial charge is 0.481 e. The van der Waals surface area contributed by atoms with E-state index in [0.717, 1.165) is 24.1 Å². The number of carbonyl (C=O) groups is 2. The number of likely N-dealkylation sites (tertiary alicyclic amines) is 1. The van der Waals surface area contributed by atoms with Crippen molar-refractivity contribution in [3.8, 4) is 5.69 Å². The number of nitrogens with zero attached hydrogens (tertiary/aromatic N) is 4. The Hall–Kier alpha value is -2.70. The molecule has 1 saturated heterocycles. The molecule has 1 aliphatic rings. The van der Waals surface area contributed by atoms with Crippen molar-refractivity contribution in [3.63, 3.8) is 0 Å². The number of piperidine rings is 1. The highest BCUT2D eigenvalue weighted by atomic mass is 16.4. The predicted molar refractivity (Wildman–Crippen MR) is 91.6 cm³/mol. The van der Waals surface area contributed by atoms with Crippen LogP contribution in [0.15, 0.2) is 30.9 Å². The van der Waals surface area contributed by atoms with Crippen LogP contribution < -0.4 is 0 Å². The van der Waals surface area contributed by atoms with Crippen LogP contribution >= 0.6 is 0 Å². The zero-order valence-electron chi connectivity index (χ0n) is 14.3. The van der Waals surface area contributed by atoms with Crippen LogP contribution in [0.25, 0.3) is 5.69 Å². The highest BCUT2D eigenvalue weighted by Gasteiger charge is 2.25. The Morgan fingerprint density at radius 1 is 1.20 bits per heavy atom.